The molecule has 0 bridgehead atoms. The number of piperazine rings is 1. The smallest absolute Gasteiger partial charge is 0.196 e. The average Bonchev–Trinajstić information content (AvgIpc) is 2.85. The Morgan fingerprint density at radius 3 is 3.14 bits per heavy atom. The fourth-order valence-corrected chi connectivity index (χ4v) is 3.06. The zero-order chi connectivity index (χ0) is 14.4. The van der Waals surface area contributed by atoms with Gasteiger partial charge in [0, 0.05) is 36.1 Å². The van der Waals surface area contributed by atoms with Crippen LogP contribution in [0.1, 0.15) is 6.92 Å². The van der Waals surface area contributed by atoms with E-state index >= 15 is 0 Å². The normalized spacial score (nSPS) is 19.5. The maximum atomic E-state index is 6.08. The Balaban J connectivity index is 1.91. The van der Waals surface area contributed by atoms with Crippen LogP contribution < -0.4 is 10.2 Å². The number of anilines is 1. The zero-order valence-corrected chi connectivity index (χ0v) is 12.4. The molecular formula is C15H15ClN4O. The second kappa shape index (κ2) is 4.86. The lowest BCUT2D eigenvalue weighted by atomic mass is 10.2. The van der Waals surface area contributed by atoms with Crippen molar-refractivity contribution in [1.82, 2.24) is 15.3 Å². The molecule has 2 aromatic heterocycles. The lowest BCUT2D eigenvalue weighted by Gasteiger charge is -2.32. The second-order valence-corrected chi connectivity index (χ2v) is 5.86. The van der Waals surface area contributed by atoms with E-state index in [0.717, 1.165) is 47.5 Å². The van der Waals surface area contributed by atoms with Gasteiger partial charge in [-0.15, -0.1) is 0 Å². The SMILES string of the molecule is CC1CN(c2ncnc3c2oc2ccc(Cl)cc23)CCN1. The molecule has 3 aromatic rings. The van der Waals surface area contributed by atoms with E-state index in [1.807, 2.05) is 18.2 Å². The molecule has 0 aliphatic carbocycles. The largest absolute Gasteiger partial charge is 0.450 e. The van der Waals surface area contributed by atoms with Gasteiger partial charge in [0.15, 0.2) is 11.4 Å². The van der Waals surface area contributed by atoms with Crippen LogP contribution in [0.5, 0.6) is 0 Å². The predicted molar refractivity (Wildman–Crippen MR) is 84.0 cm³/mol. The number of furan rings is 1. The van der Waals surface area contributed by atoms with Crippen LogP contribution in [0.25, 0.3) is 22.1 Å². The maximum Gasteiger partial charge on any atom is 0.196 e. The van der Waals surface area contributed by atoms with Crippen LogP contribution >= 0.6 is 11.6 Å². The number of aromatic nitrogens is 2. The standard InChI is InChI=1S/C15H15ClN4O/c1-9-7-20(5-4-17-9)15-14-13(18-8-19-15)11-6-10(16)2-3-12(11)21-14/h2-3,6,8-9,17H,4-5,7H2,1H3. The molecule has 1 atom stereocenters. The van der Waals surface area contributed by atoms with Gasteiger partial charge in [0.2, 0.25) is 0 Å². The number of nitrogens with zero attached hydrogens (tertiary/aromatic N) is 3. The molecule has 1 unspecified atom stereocenters. The van der Waals surface area contributed by atoms with Gasteiger partial charge < -0.3 is 14.6 Å². The summed E-state index contributed by atoms with van der Waals surface area (Å²) in [6, 6.07) is 6.03. The van der Waals surface area contributed by atoms with Crippen LogP contribution in [-0.2, 0) is 0 Å². The first kappa shape index (κ1) is 12.9. The molecule has 1 N–H and O–H groups in total. The quantitative estimate of drug-likeness (QED) is 0.749. The third-order valence-electron chi connectivity index (χ3n) is 3.86. The van der Waals surface area contributed by atoms with Crippen LogP contribution in [-0.4, -0.2) is 35.6 Å². The topological polar surface area (TPSA) is 54.2 Å². The Hall–Kier alpha value is -1.85. The highest BCUT2D eigenvalue weighted by atomic mass is 35.5. The Morgan fingerprint density at radius 2 is 2.29 bits per heavy atom. The van der Waals surface area contributed by atoms with Crippen molar-refractivity contribution < 1.29 is 4.42 Å². The third kappa shape index (κ3) is 2.13. The molecule has 1 aliphatic heterocycles. The van der Waals surface area contributed by atoms with E-state index < -0.39 is 0 Å². The molecular weight excluding hydrogens is 288 g/mol. The molecule has 0 amide bonds. The number of rotatable bonds is 1. The summed E-state index contributed by atoms with van der Waals surface area (Å²) >= 11 is 6.08. The van der Waals surface area contributed by atoms with E-state index in [0.29, 0.717) is 11.1 Å². The fourth-order valence-electron chi connectivity index (χ4n) is 2.89. The Bertz CT molecular complexity index is 816. The van der Waals surface area contributed by atoms with Gasteiger partial charge in [0.1, 0.15) is 17.4 Å². The summed E-state index contributed by atoms with van der Waals surface area (Å²) in [6.45, 7) is 4.93. The van der Waals surface area contributed by atoms with Crippen molar-refractivity contribution in [3.63, 3.8) is 0 Å². The molecule has 1 fully saturated rings. The van der Waals surface area contributed by atoms with Crippen molar-refractivity contribution >= 4 is 39.5 Å². The molecule has 1 saturated heterocycles. The first-order chi connectivity index (χ1) is 10.2. The van der Waals surface area contributed by atoms with Crippen LogP contribution in [0, 0.1) is 0 Å². The van der Waals surface area contributed by atoms with Crippen LogP contribution in [0.2, 0.25) is 5.02 Å². The Kier molecular flexibility index (Phi) is 2.97. The van der Waals surface area contributed by atoms with E-state index in [4.69, 9.17) is 16.0 Å². The van der Waals surface area contributed by atoms with Gasteiger partial charge in [-0.3, -0.25) is 0 Å². The molecule has 3 heterocycles. The first-order valence-corrected chi connectivity index (χ1v) is 7.41. The molecule has 0 spiro atoms. The number of hydrogen-bond acceptors (Lipinski definition) is 5. The molecule has 108 valence electrons. The highest BCUT2D eigenvalue weighted by molar-refractivity contribution is 6.31. The average molecular weight is 303 g/mol. The molecule has 1 aliphatic rings. The molecule has 1 aromatic carbocycles. The Labute approximate surface area is 126 Å². The Morgan fingerprint density at radius 1 is 1.38 bits per heavy atom. The van der Waals surface area contributed by atoms with Gasteiger partial charge in [0.05, 0.1) is 0 Å². The lowest BCUT2D eigenvalue weighted by Crippen LogP contribution is -2.49. The second-order valence-electron chi connectivity index (χ2n) is 5.42. The summed E-state index contributed by atoms with van der Waals surface area (Å²) in [7, 11) is 0. The van der Waals surface area contributed by atoms with Crippen LogP contribution in [0.15, 0.2) is 28.9 Å². The number of hydrogen-bond donors (Lipinski definition) is 1. The maximum absolute atomic E-state index is 6.08. The fraction of sp³-hybridized carbons (Fsp3) is 0.333. The van der Waals surface area contributed by atoms with Gasteiger partial charge in [-0.25, -0.2) is 9.97 Å². The summed E-state index contributed by atoms with van der Waals surface area (Å²) in [5.74, 6) is 0.862. The molecule has 0 saturated carbocycles. The van der Waals surface area contributed by atoms with Gasteiger partial charge in [-0.05, 0) is 25.1 Å². The molecule has 21 heavy (non-hydrogen) atoms. The van der Waals surface area contributed by atoms with Crippen molar-refractivity contribution in [2.24, 2.45) is 0 Å². The van der Waals surface area contributed by atoms with E-state index in [1.54, 1.807) is 6.33 Å². The molecule has 6 heteroatoms. The summed E-state index contributed by atoms with van der Waals surface area (Å²) in [6.07, 6.45) is 1.60. The minimum atomic E-state index is 0.433. The van der Waals surface area contributed by atoms with Gasteiger partial charge >= 0.3 is 0 Å². The minimum absolute atomic E-state index is 0.433. The zero-order valence-electron chi connectivity index (χ0n) is 11.6. The van der Waals surface area contributed by atoms with Crippen molar-refractivity contribution in [2.45, 2.75) is 13.0 Å². The van der Waals surface area contributed by atoms with Gasteiger partial charge in [-0.2, -0.15) is 0 Å². The number of nitrogens with one attached hydrogen (secondary N) is 1. The first-order valence-electron chi connectivity index (χ1n) is 7.03. The van der Waals surface area contributed by atoms with E-state index in [1.165, 1.54) is 0 Å². The number of fused-ring (bicyclic) bond motifs is 3. The number of halogens is 1. The van der Waals surface area contributed by atoms with Gasteiger partial charge in [-0.1, -0.05) is 11.6 Å². The molecule has 5 nitrogen and oxygen atoms in total. The summed E-state index contributed by atoms with van der Waals surface area (Å²) in [5, 5.41) is 5.05. The van der Waals surface area contributed by atoms with E-state index in [9.17, 15) is 0 Å². The molecule has 0 radical (unpaired) electrons. The monoisotopic (exact) mass is 302 g/mol. The van der Waals surface area contributed by atoms with Crippen molar-refractivity contribution in [3.05, 3.63) is 29.5 Å². The predicted octanol–water partition coefficient (Wildman–Crippen LogP) is 2.83. The minimum Gasteiger partial charge on any atom is -0.450 e. The van der Waals surface area contributed by atoms with Crippen molar-refractivity contribution in [3.8, 4) is 0 Å². The van der Waals surface area contributed by atoms with E-state index in [-0.39, 0.29) is 0 Å². The highest BCUT2D eigenvalue weighted by Crippen LogP contribution is 2.33. The lowest BCUT2D eigenvalue weighted by molar-refractivity contribution is 0.481. The van der Waals surface area contributed by atoms with Crippen molar-refractivity contribution in [1.29, 1.82) is 0 Å². The third-order valence-corrected chi connectivity index (χ3v) is 4.10. The summed E-state index contributed by atoms with van der Waals surface area (Å²) in [5.41, 5.74) is 2.35. The number of benzene rings is 1. The van der Waals surface area contributed by atoms with E-state index in [2.05, 4.69) is 27.1 Å². The highest BCUT2D eigenvalue weighted by Gasteiger charge is 2.22. The summed E-state index contributed by atoms with van der Waals surface area (Å²) in [4.78, 5) is 11.1. The molecule has 4 rings (SSSR count). The van der Waals surface area contributed by atoms with Gasteiger partial charge in [0.25, 0.3) is 0 Å². The van der Waals surface area contributed by atoms with Crippen molar-refractivity contribution in [2.75, 3.05) is 24.5 Å². The van der Waals surface area contributed by atoms with Crippen LogP contribution in [0.4, 0.5) is 5.82 Å². The summed E-state index contributed by atoms with van der Waals surface area (Å²) < 4.78 is 5.98. The van der Waals surface area contributed by atoms with Crippen LogP contribution in [0.3, 0.4) is 0 Å².